The lowest BCUT2D eigenvalue weighted by Crippen LogP contribution is -2.21. The van der Waals surface area contributed by atoms with Crippen molar-refractivity contribution in [3.63, 3.8) is 0 Å². The summed E-state index contributed by atoms with van der Waals surface area (Å²) in [5.74, 6) is 1.17. The van der Waals surface area contributed by atoms with Crippen molar-refractivity contribution in [3.8, 4) is 11.5 Å². The fourth-order valence-electron chi connectivity index (χ4n) is 2.63. The van der Waals surface area contributed by atoms with Crippen LogP contribution < -0.4 is 15.0 Å². The van der Waals surface area contributed by atoms with Gasteiger partial charge in [0.1, 0.15) is 5.82 Å². The van der Waals surface area contributed by atoms with E-state index in [1.807, 2.05) is 0 Å². The van der Waals surface area contributed by atoms with Crippen LogP contribution in [0.4, 0.5) is 5.69 Å². The third-order valence-corrected chi connectivity index (χ3v) is 3.96. The maximum absolute atomic E-state index is 12.8. The molecule has 27 heavy (non-hydrogen) atoms. The van der Waals surface area contributed by atoms with Crippen molar-refractivity contribution in [2.24, 2.45) is 5.10 Å². The first kappa shape index (κ1) is 18.1. The van der Waals surface area contributed by atoms with Crippen LogP contribution in [-0.2, 0) is 0 Å². The molecule has 3 aromatic rings. The molecule has 0 atom stereocenters. The second kappa shape index (κ2) is 7.24. The molecular weight excluding hydrogens is 352 g/mol. The molecule has 2 aromatic carbocycles. The van der Waals surface area contributed by atoms with Crippen molar-refractivity contribution in [1.29, 1.82) is 0 Å². The Balaban J connectivity index is 2.16. The normalized spacial score (nSPS) is 11.1. The maximum atomic E-state index is 12.8. The van der Waals surface area contributed by atoms with Crippen LogP contribution in [0.5, 0.6) is 11.5 Å². The summed E-state index contributed by atoms with van der Waals surface area (Å²) >= 11 is 0. The van der Waals surface area contributed by atoms with Gasteiger partial charge in [-0.1, -0.05) is 12.1 Å². The lowest BCUT2D eigenvalue weighted by Gasteiger charge is -2.10. The molecule has 0 aliphatic rings. The van der Waals surface area contributed by atoms with Gasteiger partial charge in [-0.05, 0) is 19.1 Å². The molecule has 0 saturated carbocycles. The number of para-hydroxylation sites is 1. The topological polar surface area (TPSA) is 109 Å². The zero-order valence-corrected chi connectivity index (χ0v) is 14.9. The number of hydrogen-bond acceptors (Lipinski definition) is 7. The van der Waals surface area contributed by atoms with Crippen molar-refractivity contribution in [1.82, 2.24) is 9.66 Å². The van der Waals surface area contributed by atoms with Gasteiger partial charge in [0.25, 0.3) is 11.2 Å². The van der Waals surface area contributed by atoms with Crippen LogP contribution in [0.25, 0.3) is 10.9 Å². The van der Waals surface area contributed by atoms with E-state index < -0.39 is 10.5 Å². The predicted octanol–water partition coefficient (Wildman–Crippen LogP) is 2.51. The Hall–Kier alpha value is -3.75. The number of methoxy groups -OCH3 is 2. The molecule has 0 spiro atoms. The van der Waals surface area contributed by atoms with Crippen molar-refractivity contribution in [2.45, 2.75) is 6.92 Å². The first-order valence-corrected chi connectivity index (χ1v) is 7.89. The van der Waals surface area contributed by atoms with Crippen LogP contribution in [0, 0.1) is 17.0 Å². The molecule has 0 unspecified atom stereocenters. The highest BCUT2D eigenvalue weighted by Crippen LogP contribution is 2.30. The molecule has 1 heterocycles. The Morgan fingerprint density at radius 1 is 1.19 bits per heavy atom. The molecule has 0 bridgehead atoms. The van der Waals surface area contributed by atoms with E-state index in [0.29, 0.717) is 22.8 Å². The third kappa shape index (κ3) is 3.34. The lowest BCUT2D eigenvalue weighted by molar-refractivity contribution is -0.385. The molecule has 0 fully saturated rings. The number of ether oxygens (including phenoxy) is 2. The minimum atomic E-state index is -0.507. The van der Waals surface area contributed by atoms with E-state index in [9.17, 15) is 14.9 Å². The number of hydrogen-bond donors (Lipinski definition) is 0. The monoisotopic (exact) mass is 368 g/mol. The minimum Gasteiger partial charge on any atom is -0.493 e. The standard InChI is InChI=1S/C18H16N4O5/c1-11-20-14-9-17(27-3)16(26-2)8-13(14)18(23)21(11)19-10-12-6-4-5-7-15(12)22(24)25/h4-10H,1-3H3. The quantitative estimate of drug-likeness (QED) is 0.389. The molecule has 3 rings (SSSR count). The highest BCUT2D eigenvalue weighted by atomic mass is 16.6. The van der Waals surface area contributed by atoms with Gasteiger partial charge in [-0.25, -0.2) is 4.98 Å². The van der Waals surface area contributed by atoms with Crippen LogP contribution >= 0.6 is 0 Å². The van der Waals surface area contributed by atoms with Crippen LogP contribution in [-0.4, -0.2) is 35.0 Å². The van der Waals surface area contributed by atoms with Crippen molar-refractivity contribution in [2.75, 3.05) is 14.2 Å². The van der Waals surface area contributed by atoms with Crippen molar-refractivity contribution in [3.05, 3.63) is 68.3 Å². The van der Waals surface area contributed by atoms with E-state index in [1.165, 1.54) is 32.6 Å². The molecule has 1 aromatic heterocycles. The SMILES string of the molecule is COc1cc2nc(C)n(N=Cc3ccccc3[N+](=O)[O-])c(=O)c2cc1OC. The first-order valence-electron chi connectivity index (χ1n) is 7.89. The molecule has 0 aliphatic heterocycles. The molecule has 0 radical (unpaired) electrons. The zero-order valence-electron chi connectivity index (χ0n) is 14.9. The van der Waals surface area contributed by atoms with Gasteiger partial charge >= 0.3 is 0 Å². The van der Waals surface area contributed by atoms with Gasteiger partial charge in [0.15, 0.2) is 11.5 Å². The largest absolute Gasteiger partial charge is 0.493 e. The number of nitro groups is 1. The molecule has 9 heteroatoms. The summed E-state index contributed by atoms with van der Waals surface area (Å²) in [6, 6.07) is 9.26. The smallest absolute Gasteiger partial charge is 0.282 e. The Morgan fingerprint density at radius 2 is 1.85 bits per heavy atom. The average Bonchev–Trinajstić information content (AvgIpc) is 2.67. The first-order chi connectivity index (χ1) is 13.0. The molecule has 9 nitrogen and oxygen atoms in total. The van der Waals surface area contributed by atoms with Gasteiger partial charge < -0.3 is 9.47 Å². The summed E-state index contributed by atoms with van der Waals surface area (Å²) in [6.07, 6.45) is 1.26. The second-order valence-electron chi connectivity index (χ2n) is 5.56. The van der Waals surface area contributed by atoms with Crippen LogP contribution in [0.3, 0.4) is 0 Å². The van der Waals surface area contributed by atoms with E-state index in [2.05, 4.69) is 10.1 Å². The molecular formula is C18H16N4O5. The summed E-state index contributed by atoms with van der Waals surface area (Å²) in [4.78, 5) is 27.8. The van der Waals surface area contributed by atoms with Gasteiger partial charge in [-0.15, -0.1) is 0 Å². The summed E-state index contributed by atoms with van der Waals surface area (Å²) in [5, 5.41) is 15.5. The molecule has 138 valence electrons. The molecule has 0 aliphatic carbocycles. The van der Waals surface area contributed by atoms with Gasteiger partial charge in [0, 0.05) is 12.1 Å². The van der Waals surface area contributed by atoms with Gasteiger partial charge in [-0.3, -0.25) is 14.9 Å². The van der Waals surface area contributed by atoms with Crippen LogP contribution in [0.2, 0.25) is 0 Å². The Bertz CT molecular complexity index is 1120. The van der Waals surface area contributed by atoms with E-state index >= 15 is 0 Å². The number of rotatable bonds is 5. The number of nitro benzene ring substituents is 1. The van der Waals surface area contributed by atoms with Gasteiger partial charge in [0.2, 0.25) is 0 Å². The number of aromatic nitrogens is 2. The van der Waals surface area contributed by atoms with Crippen molar-refractivity contribution >= 4 is 22.8 Å². The lowest BCUT2D eigenvalue weighted by atomic mass is 10.2. The summed E-state index contributed by atoms with van der Waals surface area (Å²) in [6.45, 7) is 1.62. The van der Waals surface area contributed by atoms with Crippen LogP contribution in [0.1, 0.15) is 11.4 Å². The fraction of sp³-hybridized carbons (Fsp3) is 0.167. The van der Waals surface area contributed by atoms with E-state index in [4.69, 9.17) is 9.47 Å². The highest BCUT2D eigenvalue weighted by molar-refractivity contribution is 5.85. The molecule has 0 N–H and O–H groups in total. The van der Waals surface area contributed by atoms with E-state index in [1.54, 1.807) is 31.2 Å². The summed E-state index contributed by atoms with van der Waals surface area (Å²) < 4.78 is 11.5. The number of benzene rings is 2. The van der Waals surface area contributed by atoms with Gasteiger partial charge in [0.05, 0.1) is 41.8 Å². The third-order valence-electron chi connectivity index (χ3n) is 3.96. The van der Waals surface area contributed by atoms with Crippen LogP contribution in [0.15, 0.2) is 46.3 Å². The summed E-state index contributed by atoms with van der Waals surface area (Å²) in [7, 11) is 2.96. The Kier molecular flexibility index (Phi) is 4.84. The number of aryl methyl sites for hydroxylation is 1. The maximum Gasteiger partial charge on any atom is 0.282 e. The fourth-order valence-corrected chi connectivity index (χ4v) is 2.63. The predicted molar refractivity (Wildman–Crippen MR) is 99.9 cm³/mol. The second-order valence-corrected chi connectivity index (χ2v) is 5.56. The van der Waals surface area contributed by atoms with E-state index in [0.717, 1.165) is 4.68 Å². The molecule has 0 amide bonds. The zero-order chi connectivity index (χ0) is 19.6. The molecule has 0 saturated heterocycles. The Morgan fingerprint density at radius 3 is 2.52 bits per heavy atom. The van der Waals surface area contributed by atoms with E-state index in [-0.39, 0.29) is 16.6 Å². The number of fused-ring (bicyclic) bond motifs is 1. The number of nitrogens with zero attached hydrogens (tertiary/aromatic N) is 4. The average molecular weight is 368 g/mol. The highest BCUT2D eigenvalue weighted by Gasteiger charge is 2.14. The Labute approximate surface area is 153 Å². The van der Waals surface area contributed by atoms with Crippen molar-refractivity contribution < 1.29 is 14.4 Å². The summed E-state index contributed by atoms with van der Waals surface area (Å²) in [5.41, 5.74) is 0.189. The van der Waals surface area contributed by atoms with Gasteiger partial charge in [-0.2, -0.15) is 9.78 Å². The minimum absolute atomic E-state index is 0.105.